The maximum atomic E-state index is 12.3. The van der Waals surface area contributed by atoms with E-state index < -0.39 is 10.8 Å². The number of nitrogens with one attached hydrogen (secondary N) is 1. The maximum absolute atomic E-state index is 12.3. The molecule has 0 radical (unpaired) electrons. The van der Waals surface area contributed by atoms with Crippen molar-refractivity contribution in [1.29, 1.82) is 0 Å². The average molecular weight is 310 g/mol. The number of amides is 2. The zero-order valence-electron chi connectivity index (χ0n) is 12.9. The van der Waals surface area contributed by atoms with Gasteiger partial charge in [-0.1, -0.05) is 0 Å². The van der Waals surface area contributed by atoms with Crippen LogP contribution in [-0.4, -0.2) is 45.8 Å². The number of aryl methyl sites for hydroxylation is 1. The van der Waals surface area contributed by atoms with Crippen LogP contribution < -0.4 is 10.1 Å². The molecule has 1 aromatic carbocycles. The van der Waals surface area contributed by atoms with E-state index in [-0.39, 0.29) is 10.8 Å². The van der Waals surface area contributed by atoms with Crippen LogP contribution in [0, 0.1) is 6.92 Å². The van der Waals surface area contributed by atoms with E-state index in [0.29, 0.717) is 18.8 Å². The Labute approximate surface area is 128 Å². The van der Waals surface area contributed by atoms with E-state index in [1.165, 1.54) is 0 Å². The number of benzene rings is 1. The van der Waals surface area contributed by atoms with E-state index in [9.17, 15) is 9.00 Å². The summed E-state index contributed by atoms with van der Waals surface area (Å²) in [6.07, 6.45) is 0. The Balaban J connectivity index is 2.05. The summed E-state index contributed by atoms with van der Waals surface area (Å²) in [5, 5.41) is 2.89. The van der Waals surface area contributed by atoms with E-state index in [1.54, 1.807) is 12.0 Å². The Morgan fingerprint density at radius 2 is 2.14 bits per heavy atom. The van der Waals surface area contributed by atoms with Gasteiger partial charge >= 0.3 is 6.03 Å². The molecule has 2 amide bonds. The molecule has 1 unspecified atom stereocenters. The van der Waals surface area contributed by atoms with Gasteiger partial charge in [0.1, 0.15) is 5.75 Å². The highest BCUT2D eigenvalue weighted by molar-refractivity contribution is 7.86. The molecule has 21 heavy (non-hydrogen) atoms. The fourth-order valence-corrected chi connectivity index (χ4v) is 3.65. The van der Waals surface area contributed by atoms with Gasteiger partial charge in [-0.15, -0.1) is 0 Å². The Morgan fingerprint density at radius 3 is 2.71 bits per heavy atom. The lowest BCUT2D eigenvalue weighted by Crippen LogP contribution is -2.53. The summed E-state index contributed by atoms with van der Waals surface area (Å²) >= 11 is 0. The molecule has 1 heterocycles. The minimum atomic E-state index is -0.880. The van der Waals surface area contributed by atoms with Crippen molar-refractivity contribution in [2.75, 3.05) is 31.3 Å². The first-order valence-corrected chi connectivity index (χ1v) is 8.24. The number of urea groups is 1. The van der Waals surface area contributed by atoms with Gasteiger partial charge in [-0.2, -0.15) is 0 Å². The van der Waals surface area contributed by atoms with Crippen LogP contribution in [0.25, 0.3) is 0 Å². The molecule has 0 spiro atoms. The van der Waals surface area contributed by atoms with Crippen LogP contribution in [0.1, 0.15) is 19.4 Å². The number of nitrogens with zero attached hydrogens (tertiary/aromatic N) is 1. The second-order valence-electron chi connectivity index (χ2n) is 5.85. The van der Waals surface area contributed by atoms with Gasteiger partial charge in [-0.05, 0) is 44.5 Å². The van der Waals surface area contributed by atoms with Gasteiger partial charge in [0.15, 0.2) is 0 Å². The quantitative estimate of drug-likeness (QED) is 0.912. The van der Waals surface area contributed by atoms with Crippen LogP contribution in [0.15, 0.2) is 18.2 Å². The van der Waals surface area contributed by atoms with Crippen molar-refractivity contribution in [1.82, 2.24) is 4.90 Å². The van der Waals surface area contributed by atoms with Crippen LogP contribution in [0.2, 0.25) is 0 Å². The molecule has 1 aromatic rings. The molecule has 1 aliphatic heterocycles. The smallest absolute Gasteiger partial charge is 0.321 e. The number of ether oxygens (including phenoxy) is 1. The van der Waals surface area contributed by atoms with Crippen molar-refractivity contribution in [2.45, 2.75) is 25.5 Å². The molecule has 0 aromatic heterocycles. The van der Waals surface area contributed by atoms with Crippen LogP contribution in [0.5, 0.6) is 5.75 Å². The van der Waals surface area contributed by atoms with Gasteiger partial charge in [0, 0.05) is 35.3 Å². The third-order valence-corrected chi connectivity index (χ3v) is 5.58. The third kappa shape index (κ3) is 3.56. The molecule has 0 bridgehead atoms. The molecule has 116 valence electrons. The van der Waals surface area contributed by atoms with E-state index >= 15 is 0 Å². The van der Waals surface area contributed by atoms with Gasteiger partial charge in [-0.3, -0.25) is 4.21 Å². The predicted octanol–water partition coefficient (Wildman–Crippen LogP) is 2.38. The monoisotopic (exact) mass is 310 g/mol. The number of hydrogen-bond acceptors (Lipinski definition) is 3. The summed E-state index contributed by atoms with van der Waals surface area (Å²) < 4.78 is 16.7. The molecule has 6 heteroatoms. The summed E-state index contributed by atoms with van der Waals surface area (Å²) in [6.45, 7) is 6.82. The van der Waals surface area contributed by atoms with Gasteiger partial charge in [0.25, 0.3) is 0 Å². The lowest BCUT2D eigenvalue weighted by molar-refractivity contribution is 0.207. The first kappa shape index (κ1) is 15.8. The lowest BCUT2D eigenvalue weighted by atomic mass is 10.2. The van der Waals surface area contributed by atoms with Crippen LogP contribution in [-0.2, 0) is 10.8 Å². The lowest BCUT2D eigenvalue weighted by Gasteiger charge is -2.37. The Hall–Kier alpha value is -1.56. The molecule has 5 nitrogen and oxygen atoms in total. The highest BCUT2D eigenvalue weighted by Crippen LogP contribution is 2.23. The summed E-state index contributed by atoms with van der Waals surface area (Å²) in [6, 6.07) is 5.38. The Morgan fingerprint density at radius 1 is 1.43 bits per heavy atom. The maximum Gasteiger partial charge on any atom is 0.321 e. The molecule has 0 aliphatic carbocycles. The predicted molar refractivity (Wildman–Crippen MR) is 85.4 cm³/mol. The number of anilines is 1. The molecule has 0 saturated carbocycles. The Kier molecular flexibility index (Phi) is 4.56. The minimum Gasteiger partial charge on any atom is -0.496 e. The van der Waals surface area contributed by atoms with Crippen molar-refractivity contribution in [2.24, 2.45) is 0 Å². The molecular formula is C15H22N2O3S. The number of methoxy groups -OCH3 is 1. The summed E-state index contributed by atoms with van der Waals surface area (Å²) in [7, 11) is 0.741. The first-order valence-electron chi connectivity index (χ1n) is 6.92. The Bertz CT molecular complexity index is 572. The fraction of sp³-hybridized carbons (Fsp3) is 0.533. The van der Waals surface area contributed by atoms with E-state index in [0.717, 1.165) is 17.0 Å². The normalized spacial score (nSPS) is 21.0. The largest absolute Gasteiger partial charge is 0.496 e. The topological polar surface area (TPSA) is 58.6 Å². The van der Waals surface area contributed by atoms with Crippen molar-refractivity contribution in [3.63, 3.8) is 0 Å². The molecular weight excluding hydrogens is 288 g/mol. The van der Waals surface area contributed by atoms with Gasteiger partial charge in [-0.25, -0.2) is 4.79 Å². The summed E-state index contributed by atoms with van der Waals surface area (Å²) in [5.41, 5.74) is 1.71. The fourth-order valence-electron chi connectivity index (χ4n) is 2.41. The molecule has 1 aliphatic rings. The van der Waals surface area contributed by atoms with Crippen LogP contribution in [0.3, 0.4) is 0 Å². The number of rotatable bonds is 2. The van der Waals surface area contributed by atoms with Crippen LogP contribution >= 0.6 is 0 Å². The second-order valence-corrected chi connectivity index (χ2v) is 8.05. The standard InChI is InChI=1S/C15H22N2O3S/c1-11-9-12(5-6-13(11)20-4)16-14(18)17-7-8-21(19)15(2,3)10-17/h5-6,9H,7-8,10H2,1-4H3,(H,16,18). The number of carbonyl (C=O) groups excluding carboxylic acids is 1. The number of carbonyl (C=O) groups is 1. The average Bonchev–Trinajstić information content (AvgIpc) is 2.42. The van der Waals surface area contributed by atoms with Crippen molar-refractivity contribution in [3.8, 4) is 5.75 Å². The number of hydrogen-bond donors (Lipinski definition) is 1. The highest BCUT2D eigenvalue weighted by Gasteiger charge is 2.35. The van der Waals surface area contributed by atoms with Gasteiger partial charge < -0.3 is 15.0 Å². The van der Waals surface area contributed by atoms with E-state index in [2.05, 4.69) is 5.32 Å². The van der Waals surface area contributed by atoms with Gasteiger partial charge in [0.05, 0.1) is 11.9 Å². The SMILES string of the molecule is COc1ccc(NC(=O)N2CCS(=O)C(C)(C)C2)cc1C. The van der Waals surface area contributed by atoms with Crippen LogP contribution in [0.4, 0.5) is 10.5 Å². The summed E-state index contributed by atoms with van der Waals surface area (Å²) in [4.78, 5) is 14.0. The van der Waals surface area contributed by atoms with Crippen molar-refractivity contribution < 1.29 is 13.7 Å². The highest BCUT2D eigenvalue weighted by atomic mass is 32.2. The van der Waals surface area contributed by atoms with E-state index in [4.69, 9.17) is 4.74 Å². The molecule has 1 atom stereocenters. The molecule has 1 N–H and O–H groups in total. The van der Waals surface area contributed by atoms with E-state index in [1.807, 2.05) is 39.0 Å². The molecule has 2 rings (SSSR count). The zero-order valence-corrected chi connectivity index (χ0v) is 13.8. The van der Waals surface area contributed by atoms with Gasteiger partial charge in [0.2, 0.25) is 0 Å². The first-order chi connectivity index (χ1) is 9.83. The zero-order chi connectivity index (χ0) is 15.6. The van der Waals surface area contributed by atoms with Crippen molar-refractivity contribution in [3.05, 3.63) is 23.8 Å². The minimum absolute atomic E-state index is 0.149. The second kappa shape index (κ2) is 6.05. The third-order valence-electron chi connectivity index (χ3n) is 3.67. The molecule has 1 fully saturated rings. The molecule has 1 saturated heterocycles. The summed E-state index contributed by atoms with van der Waals surface area (Å²) in [5.74, 6) is 1.32. The van der Waals surface area contributed by atoms with Crippen molar-refractivity contribution >= 4 is 22.5 Å².